The van der Waals surface area contributed by atoms with Gasteiger partial charge >= 0.3 is 0 Å². The van der Waals surface area contributed by atoms with Crippen LogP contribution in [0.4, 0.5) is 10.8 Å². The fourth-order valence-electron chi connectivity index (χ4n) is 1.97. The molecule has 22 heavy (non-hydrogen) atoms. The summed E-state index contributed by atoms with van der Waals surface area (Å²) in [5.74, 6) is 0.989. The van der Waals surface area contributed by atoms with Gasteiger partial charge in [-0.3, -0.25) is 4.98 Å². The molecule has 0 unspecified atom stereocenters. The molecule has 2 heterocycles. The highest BCUT2D eigenvalue weighted by atomic mass is 32.2. The summed E-state index contributed by atoms with van der Waals surface area (Å²) in [6.07, 6.45) is 4.66. The number of aryl methyl sites for hydroxylation is 2. The van der Waals surface area contributed by atoms with Gasteiger partial charge in [0.05, 0.1) is 0 Å². The van der Waals surface area contributed by atoms with E-state index in [0.29, 0.717) is 0 Å². The van der Waals surface area contributed by atoms with Gasteiger partial charge in [-0.15, -0.1) is 10.2 Å². The molecule has 2 aromatic heterocycles. The average molecular weight is 328 g/mol. The molecular weight excluding hydrogens is 312 g/mol. The van der Waals surface area contributed by atoms with Crippen molar-refractivity contribution in [3.63, 3.8) is 0 Å². The zero-order chi connectivity index (χ0) is 15.2. The molecule has 0 aliphatic heterocycles. The van der Waals surface area contributed by atoms with E-state index in [4.69, 9.17) is 0 Å². The Morgan fingerprint density at radius 1 is 1.14 bits per heavy atom. The lowest BCUT2D eigenvalue weighted by molar-refractivity contribution is 1.01. The largest absolute Gasteiger partial charge is 0.330 e. The van der Waals surface area contributed by atoms with Crippen LogP contribution >= 0.6 is 23.1 Å². The van der Waals surface area contributed by atoms with Gasteiger partial charge in [0.15, 0.2) is 4.34 Å². The summed E-state index contributed by atoms with van der Waals surface area (Å²) in [5, 5.41) is 12.5. The van der Waals surface area contributed by atoms with E-state index in [1.165, 1.54) is 11.1 Å². The highest BCUT2D eigenvalue weighted by Crippen LogP contribution is 2.28. The summed E-state index contributed by atoms with van der Waals surface area (Å²) < 4.78 is 0.990. The molecule has 0 fully saturated rings. The Morgan fingerprint density at radius 2 is 2.00 bits per heavy atom. The first kappa shape index (κ1) is 15.0. The number of nitrogens with one attached hydrogen (secondary N) is 1. The zero-order valence-corrected chi connectivity index (χ0v) is 13.8. The molecule has 0 saturated heterocycles. The van der Waals surface area contributed by atoms with Crippen molar-refractivity contribution in [2.24, 2.45) is 0 Å². The maximum Gasteiger partial charge on any atom is 0.210 e. The smallest absolute Gasteiger partial charge is 0.210 e. The first-order chi connectivity index (χ1) is 10.8. The van der Waals surface area contributed by atoms with E-state index < -0.39 is 0 Å². The van der Waals surface area contributed by atoms with Crippen LogP contribution in [0.3, 0.4) is 0 Å². The molecule has 0 radical (unpaired) electrons. The van der Waals surface area contributed by atoms with Gasteiger partial charge in [-0.1, -0.05) is 35.2 Å². The second-order valence-corrected chi connectivity index (χ2v) is 7.14. The quantitative estimate of drug-likeness (QED) is 0.683. The molecule has 3 aromatic rings. The number of rotatable bonds is 6. The van der Waals surface area contributed by atoms with Gasteiger partial charge < -0.3 is 5.32 Å². The molecule has 112 valence electrons. The molecule has 0 amide bonds. The first-order valence-electron chi connectivity index (χ1n) is 6.98. The van der Waals surface area contributed by atoms with Crippen LogP contribution in [-0.4, -0.2) is 20.9 Å². The fourth-order valence-corrected chi connectivity index (χ4v) is 3.80. The Hall–Kier alpha value is -1.92. The van der Waals surface area contributed by atoms with Crippen LogP contribution in [0.2, 0.25) is 0 Å². The minimum absolute atomic E-state index is 0.831. The van der Waals surface area contributed by atoms with Gasteiger partial charge in [-0.25, -0.2) is 0 Å². The molecular formula is C16H16N4S2. The topological polar surface area (TPSA) is 50.7 Å². The molecule has 0 aliphatic carbocycles. The van der Waals surface area contributed by atoms with Crippen molar-refractivity contribution in [1.82, 2.24) is 15.2 Å². The van der Waals surface area contributed by atoms with E-state index in [1.54, 1.807) is 23.1 Å². The number of hydrogen-bond donors (Lipinski definition) is 1. The summed E-state index contributed by atoms with van der Waals surface area (Å²) in [5.41, 5.74) is 3.57. The first-order valence-corrected chi connectivity index (χ1v) is 8.79. The predicted molar refractivity (Wildman–Crippen MR) is 93.0 cm³/mol. The van der Waals surface area contributed by atoms with E-state index in [0.717, 1.165) is 27.3 Å². The number of anilines is 2. The summed E-state index contributed by atoms with van der Waals surface area (Å²) in [6, 6.07) is 12.3. The van der Waals surface area contributed by atoms with Crippen molar-refractivity contribution < 1.29 is 0 Å². The van der Waals surface area contributed by atoms with E-state index in [-0.39, 0.29) is 0 Å². The SMILES string of the molecule is Cc1cccc(Nc2nnc(SCCc3ccncc3)s2)c1. The van der Waals surface area contributed by atoms with Crippen molar-refractivity contribution in [3.05, 3.63) is 59.9 Å². The molecule has 0 bridgehead atoms. The molecule has 1 aromatic carbocycles. The molecule has 1 N–H and O–H groups in total. The molecule has 4 nitrogen and oxygen atoms in total. The zero-order valence-electron chi connectivity index (χ0n) is 12.2. The van der Waals surface area contributed by atoms with Crippen molar-refractivity contribution in [1.29, 1.82) is 0 Å². The Balaban J connectivity index is 1.53. The van der Waals surface area contributed by atoms with E-state index >= 15 is 0 Å². The normalized spacial score (nSPS) is 10.6. The lowest BCUT2D eigenvalue weighted by Crippen LogP contribution is -1.89. The van der Waals surface area contributed by atoms with Crippen molar-refractivity contribution in [2.45, 2.75) is 17.7 Å². The van der Waals surface area contributed by atoms with Crippen LogP contribution < -0.4 is 5.32 Å². The highest BCUT2D eigenvalue weighted by Gasteiger charge is 2.05. The summed E-state index contributed by atoms with van der Waals surface area (Å²) in [6.45, 7) is 2.08. The Morgan fingerprint density at radius 3 is 2.82 bits per heavy atom. The van der Waals surface area contributed by atoms with Gasteiger partial charge in [0.25, 0.3) is 0 Å². The lowest BCUT2D eigenvalue weighted by atomic mass is 10.2. The Bertz CT molecular complexity index is 728. The second kappa shape index (κ2) is 7.38. The molecule has 0 spiro atoms. The summed E-state index contributed by atoms with van der Waals surface area (Å²) in [7, 11) is 0. The van der Waals surface area contributed by atoms with Crippen LogP contribution in [0.5, 0.6) is 0 Å². The van der Waals surface area contributed by atoms with Crippen molar-refractivity contribution in [2.75, 3.05) is 11.1 Å². The third-order valence-corrected chi connectivity index (χ3v) is 5.02. The van der Waals surface area contributed by atoms with Gasteiger partial charge in [-0.2, -0.15) is 0 Å². The third-order valence-electron chi connectivity index (χ3n) is 3.04. The molecule has 0 atom stereocenters. The van der Waals surface area contributed by atoms with Crippen LogP contribution in [0.1, 0.15) is 11.1 Å². The number of hydrogen-bond acceptors (Lipinski definition) is 6. The highest BCUT2D eigenvalue weighted by molar-refractivity contribution is 8.01. The molecule has 0 aliphatic rings. The van der Waals surface area contributed by atoms with Crippen LogP contribution in [0, 0.1) is 6.92 Å². The third kappa shape index (κ3) is 4.29. The Kier molecular flexibility index (Phi) is 5.03. The lowest BCUT2D eigenvalue weighted by Gasteiger charge is -2.02. The maximum atomic E-state index is 4.22. The standard InChI is InChI=1S/C16H16N4S2/c1-12-3-2-4-14(11-12)18-15-19-20-16(22-15)21-10-7-13-5-8-17-9-6-13/h2-6,8-9,11H,7,10H2,1H3,(H,18,19). The Labute approximate surface area is 138 Å². The minimum Gasteiger partial charge on any atom is -0.330 e. The van der Waals surface area contributed by atoms with Crippen molar-refractivity contribution >= 4 is 33.9 Å². The molecule has 0 saturated carbocycles. The number of thioether (sulfide) groups is 1. The van der Waals surface area contributed by atoms with Crippen LogP contribution in [0.25, 0.3) is 0 Å². The van der Waals surface area contributed by atoms with Crippen LogP contribution in [0.15, 0.2) is 53.1 Å². The fraction of sp³-hybridized carbons (Fsp3) is 0.188. The average Bonchev–Trinajstić information content (AvgIpc) is 2.96. The van der Waals surface area contributed by atoms with E-state index in [1.807, 2.05) is 36.7 Å². The van der Waals surface area contributed by atoms with Gasteiger partial charge in [0.2, 0.25) is 5.13 Å². The van der Waals surface area contributed by atoms with Gasteiger partial charge in [-0.05, 0) is 48.7 Å². The minimum atomic E-state index is 0.831. The summed E-state index contributed by atoms with van der Waals surface area (Å²) >= 11 is 3.32. The number of nitrogens with zero attached hydrogens (tertiary/aromatic N) is 3. The van der Waals surface area contributed by atoms with Gasteiger partial charge in [0.1, 0.15) is 0 Å². The number of aromatic nitrogens is 3. The number of benzene rings is 1. The van der Waals surface area contributed by atoms with Gasteiger partial charge in [0, 0.05) is 23.8 Å². The number of pyridine rings is 1. The summed E-state index contributed by atoms with van der Waals surface area (Å²) in [4.78, 5) is 4.03. The van der Waals surface area contributed by atoms with E-state index in [9.17, 15) is 0 Å². The van der Waals surface area contributed by atoms with Crippen LogP contribution in [-0.2, 0) is 6.42 Å². The predicted octanol–water partition coefficient (Wildman–Crippen LogP) is 4.32. The molecule has 6 heteroatoms. The monoisotopic (exact) mass is 328 g/mol. The maximum absolute atomic E-state index is 4.22. The molecule has 3 rings (SSSR count). The second-order valence-electron chi connectivity index (χ2n) is 4.82. The van der Waals surface area contributed by atoms with E-state index in [2.05, 4.69) is 39.6 Å². The van der Waals surface area contributed by atoms with Crippen molar-refractivity contribution in [3.8, 4) is 0 Å².